The van der Waals surface area contributed by atoms with Gasteiger partial charge in [-0.2, -0.15) is 0 Å². The van der Waals surface area contributed by atoms with Crippen LogP contribution >= 0.6 is 11.3 Å². The number of carbonyl (C=O) groups is 2. The van der Waals surface area contributed by atoms with Gasteiger partial charge in [0.1, 0.15) is 5.82 Å². The summed E-state index contributed by atoms with van der Waals surface area (Å²) in [6.45, 7) is 0.0889. The van der Waals surface area contributed by atoms with Gasteiger partial charge in [-0.05, 0) is 83.8 Å². The molecule has 8 heteroatoms. The topological polar surface area (TPSA) is 63.4 Å². The molecule has 2 amide bonds. The SMILES string of the molecule is NC(=O)C1(Cc2cc3cc(-c4ccc(C(=O)N5CCC(F)(F)CC5)cc4)cc(-c4ccc(F)cc4)c3s2)CC1. The lowest BCUT2D eigenvalue weighted by Crippen LogP contribution is -2.42. The average Bonchev–Trinajstić information content (AvgIpc) is 3.59. The zero-order valence-electron chi connectivity index (χ0n) is 21.2. The number of rotatable bonds is 6. The molecule has 2 fully saturated rings. The number of benzene rings is 3. The number of primary amides is 1. The summed E-state index contributed by atoms with van der Waals surface area (Å²) < 4.78 is 41.8. The molecule has 2 aliphatic rings. The second-order valence-electron chi connectivity index (χ2n) is 10.7. The lowest BCUT2D eigenvalue weighted by atomic mass is 9.95. The number of alkyl halides is 2. The molecule has 4 nitrogen and oxygen atoms in total. The molecule has 6 rings (SSSR count). The van der Waals surface area contributed by atoms with Crippen LogP contribution < -0.4 is 5.73 Å². The van der Waals surface area contributed by atoms with E-state index in [1.165, 1.54) is 17.0 Å². The highest BCUT2D eigenvalue weighted by Crippen LogP contribution is 2.50. The van der Waals surface area contributed by atoms with Gasteiger partial charge in [0.2, 0.25) is 5.91 Å². The fraction of sp³-hybridized carbons (Fsp3) is 0.290. The van der Waals surface area contributed by atoms with Crippen molar-refractivity contribution in [3.63, 3.8) is 0 Å². The van der Waals surface area contributed by atoms with E-state index >= 15 is 0 Å². The number of nitrogens with zero attached hydrogens (tertiary/aromatic N) is 1. The molecule has 0 spiro atoms. The van der Waals surface area contributed by atoms with E-state index < -0.39 is 11.3 Å². The first-order chi connectivity index (χ1) is 18.6. The number of likely N-dealkylation sites (tertiary alicyclic amines) is 1. The number of thiophene rings is 1. The maximum Gasteiger partial charge on any atom is 0.253 e. The number of carbonyl (C=O) groups excluding carboxylic acids is 2. The third-order valence-corrected chi connectivity index (χ3v) is 9.14. The van der Waals surface area contributed by atoms with Gasteiger partial charge in [-0.3, -0.25) is 9.59 Å². The highest BCUT2D eigenvalue weighted by molar-refractivity contribution is 7.19. The number of fused-ring (bicyclic) bond motifs is 1. The van der Waals surface area contributed by atoms with Crippen molar-refractivity contribution in [2.24, 2.45) is 11.1 Å². The van der Waals surface area contributed by atoms with Crippen molar-refractivity contribution in [1.29, 1.82) is 0 Å². The molecular formula is C31H27F3N2O2S. The van der Waals surface area contributed by atoms with E-state index in [1.54, 1.807) is 35.6 Å². The summed E-state index contributed by atoms with van der Waals surface area (Å²) in [6, 6.07) is 19.8. The molecule has 1 aromatic heterocycles. The van der Waals surface area contributed by atoms with Crippen LogP contribution in [0.3, 0.4) is 0 Å². The van der Waals surface area contributed by atoms with Gasteiger partial charge in [0, 0.05) is 46.6 Å². The van der Waals surface area contributed by atoms with E-state index in [0.29, 0.717) is 12.0 Å². The van der Waals surface area contributed by atoms with Crippen LogP contribution in [0.2, 0.25) is 0 Å². The van der Waals surface area contributed by atoms with Crippen molar-refractivity contribution in [1.82, 2.24) is 4.90 Å². The molecule has 1 saturated carbocycles. The van der Waals surface area contributed by atoms with Crippen molar-refractivity contribution >= 4 is 33.2 Å². The van der Waals surface area contributed by atoms with Gasteiger partial charge >= 0.3 is 0 Å². The normalized spacial score (nSPS) is 17.8. The Balaban J connectivity index is 1.34. The van der Waals surface area contributed by atoms with Gasteiger partial charge in [0.05, 0.1) is 5.41 Å². The highest BCUT2D eigenvalue weighted by Gasteiger charge is 2.48. The molecule has 200 valence electrons. The third kappa shape index (κ3) is 5.05. The van der Waals surface area contributed by atoms with E-state index in [9.17, 15) is 22.8 Å². The Morgan fingerprint density at radius 3 is 2.10 bits per heavy atom. The van der Waals surface area contributed by atoms with Crippen LogP contribution in [0, 0.1) is 11.2 Å². The number of nitrogens with two attached hydrogens (primary N) is 1. The standard InChI is InChI=1S/C31H27F3N2O2S/c32-24-7-5-20(6-8-24)26-17-22(15-23-16-25(39-27(23)26)18-30(9-10-30)29(35)38)19-1-3-21(4-2-19)28(37)36-13-11-31(33,34)12-14-36/h1-8,15-17H,9-14,18H2,(H2,35,38). The summed E-state index contributed by atoms with van der Waals surface area (Å²) in [5, 5.41) is 1.02. The molecule has 0 radical (unpaired) electrons. The van der Waals surface area contributed by atoms with Crippen molar-refractivity contribution < 1.29 is 22.8 Å². The Morgan fingerprint density at radius 1 is 0.846 bits per heavy atom. The lowest BCUT2D eigenvalue weighted by Gasteiger charge is -2.31. The van der Waals surface area contributed by atoms with Gasteiger partial charge in [0.25, 0.3) is 11.8 Å². The average molecular weight is 549 g/mol. The molecule has 39 heavy (non-hydrogen) atoms. The molecular weight excluding hydrogens is 521 g/mol. The number of piperidine rings is 1. The number of halogens is 3. The number of hydrogen-bond donors (Lipinski definition) is 1. The first-order valence-corrected chi connectivity index (χ1v) is 13.8. The molecule has 2 heterocycles. The molecule has 3 aromatic carbocycles. The van der Waals surface area contributed by atoms with E-state index in [4.69, 9.17) is 5.73 Å². The van der Waals surface area contributed by atoms with Gasteiger partial charge in [-0.1, -0.05) is 24.3 Å². The predicted octanol–water partition coefficient (Wildman–Crippen LogP) is 7.05. The first kappa shape index (κ1) is 25.6. The molecule has 0 atom stereocenters. The van der Waals surface area contributed by atoms with Gasteiger partial charge in [-0.15, -0.1) is 11.3 Å². The summed E-state index contributed by atoms with van der Waals surface area (Å²) in [5.74, 6) is -3.52. The van der Waals surface area contributed by atoms with Gasteiger partial charge in [-0.25, -0.2) is 13.2 Å². The Hall–Kier alpha value is -3.65. The Kier molecular flexibility index (Phi) is 6.25. The monoisotopic (exact) mass is 548 g/mol. The van der Waals surface area contributed by atoms with Crippen LogP contribution in [-0.2, 0) is 11.2 Å². The summed E-state index contributed by atoms with van der Waals surface area (Å²) >= 11 is 1.63. The van der Waals surface area contributed by atoms with E-state index in [0.717, 1.165) is 50.1 Å². The highest BCUT2D eigenvalue weighted by atomic mass is 32.1. The second kappa shape index (κ2) is 9.52. The first-order valence-electron chi connectivity index (χ1n) is 13.0. The quantitative estimate of drug-likeness (QED) is 0.281. The summed E-state index contributed by atoms with van der Waals surface area (Å²) in [6.07, 6.45) is 1.59. The number of amides is 2. The third-order valence-electron chi connectivity index (χ3n) is 7.96. The van der Waals surface area contributed by atoms with Crippen LogP contribution in [-0.4, -0.2) is 35.7 Å². The van der Waals surface area contributed by atoms with Gasteiger partial charge in [0.15, 0.2) is 0 Å². The van der Waals surface area contributed by atoms with Crippen molar-refractivity contribution in [3.05, 3.63) is 83.0 Å². The minimum atomic E-state index is -2.71. The van der Waals surface area contributed by atoms with E-state index in [1.807, 2.05) is 12.1 Å². The van der Waals surface area contributed by atoms with Crippen molar-refractivity contribution in [3.8, 4) is 22.3 Å². The maximum absolute atomic E-state index is 13.7. The summed E-state index contributed by atoms with van der Waals surface area (Å²) in [7, 11) is 0. The van der Waals surface area contributed by atoms with Crippen LogP contribution in [0.5, 0.6) is 0 Å². The fourth-order valence-corrected chi connectivity index (χ4v) is 6.64. The molecule has 0 unspecified atom stereocenters. The lowest BCUT2D eigenvalue weighted by molar-refractivity contribution is -0.123. The van der Waals surface area contributed by atoms with Crippen LogP contribution in [0.1, 0.15) is 40.9 Å². The van der Waals surface area contributed by atoms with E-state index in [2.05, 4.69) is 18.2 Å². The van der Waals surface area contributed by atoms with Crippen LogP contribution in [0.15, 0.2) is 66.7 Å². The van der Waals surface area contributed by atoms with Crippen molar-refractivity contribution in [2.45, 2.75) is 38.0 Å². The summed E-state index contributed by atoms with van der Waals surface area (Å²) in [4.78, 5) is 27.4. The zero-order chi connectivity index (χ0) is 27.4. The van der Waals surface area contributed by atoms with Crippen molar-refractivity contribution in [2.75, 3.05) is 13.1 Å². The molecule has 2 N–H and O–H groups in total. The van der Waals surface area contributed by atoms with Gasteiger partial charge < -0.3 is 10.6 Å². The minimum Gasteiger partial charge on any atom is -0.369 e. The molecule has 4 aromatic rings. The largest absolute Gasteiger partial charge is 0.369 e. The Labute approximate surface area is 228 Å². The Morgan fingerprint density at radius 2 is 1.49 bits per heavy atom. The van der Waals surface area contributed by atoms with E-state index in [-0.39, 0.29) is 43.6 Å². The molecule has 0 bridgehead atoms. The molecule has 1 aliphatic carbocycles. The number of hydrogen-bond acceptors (Lipinski definition) is 3. The summed E-state index contributed by atoms with van der Waals surface area (Å²) in [5.41, 5.74) is 9.34. The smallest absolute Gasteiger partial charge is 0.253 e. The zero-order valence-corrected chi connectivity index (χ0v) is 22.0. The van der Waals surface area contributed by atoms with Crippen LogP contribution in [0.4, 0.5) is 13.2 Å². The molecule has 1 saturated heterocycles. The maximum atomic E-state index is 13.7. The second-order valence-corrected chi connectivity index (χ2v) is 11.8. The Bertz CT molecular complexity index is 1560. The fourth-order valence-electron chi connectivity index (χ4n) is 5.32. The molecule has 1 aliphatic heterocycles. The van der Waals surface area contributed by atoms with Crippen LogP contribution in [0.25, 0.3) is 32.3 Å². The minimum absolute atomic E-state index is 0.0445. The predicted molar refractivity (Wildman–Crippen MR) is 147 cm³/mol.